The lowest BCUT2D eigenvalue weighted by Gasteiger charge is -2.23. The molecule has 6 unspecified atom stereocenters. The van der Waals surface area contributed by atoms with E-state index < -0.39 is 134 Å². The van der Waals surface area contributed by atoms with Gasteiger partial charge < -0.3 is 77.2 Å². The van der Waals surface area contributed by atoms with E-state index in [1.165, 1.54) is 6.92 Å². The lowest BCUT2D eigenvalue weighted by molar-refractivity contribution is -0.148. The van der Waals surface area contributed by atoms with Gasteiger partial charge in [0.25, 0.3) is 0 Å². The Morgan fingerprint density at radius 3 is 1.01 bits per heavy atom. The molecule has 0 spiro atoms. The van der Waals surface area contributed by atoms with E-state index in [2.05, 4.69) is 39.8 Å². The standard InChI is InChI=1S/C30H33N3O11S.C28H31N3O10S.H3NO/c1-16(34)45-12-6-11-22(27(39)31-23(13-25(35)36)28(40)32-24(29(41)42)14-26(37)38)33-30(43)44-15-21-19-9-4-2-7-17(19)18-8-3-5-10-20(18)21;32-23(33)12-21(26(37)30-22(27(38)39)13-24(34)35)29-25(36)20(10-5-11-42)31-28(40)41-14-19-17-8-3-1-6-15(17)16-7-2-4-9-18(16)19;1-2/h2-5,7-10,21-24H,6,11-15H2,1H3,(H,31,39)(H,32,40)(H,33,43)(H,35,36)(H,37,38)(H,41,42);1-4,6-9,19-22,42H,5,10-14H2,(H,29,36)(H,30,37)(H,31,40)(H,32,33)(H,34,35)(H,38,39);2H,1H2. The van der Waals surface area contributed by atoms with E-state index in [4.69, 9.17) is 24.9 Å². The number of rotatable bonds is 31. The Balaban J connectivity index is 0.000000371. The molecule has 89 heavy (non-hydrogen) atoms. The number of alkyl carbamates (subject to hydrolysis) is 2. The minimum absolute atomic E-state index is 0.0194. The highest BCUT2D eigenvalue weighted by Crippen LogP contribution is 2.45. The van der Waals surface area contributed by atoms with E-state index in [-0.39, 0.29) is 49.4 Å². The van der Waals surface area contributed by atoms with E-state index in [0.717, 1.165) is 56.3 Å². The maximum Gasteiger partial charge on any atom is 0.407 e. The maximum absolute atomic E-state index is 13.2. The lowest BCUT2D eigenvalue weighted by Crippen LogP contribution is -2.56. The number of thioether (sulfide) groups is 1. The molecule has 0 saturated carbocycles. The molecule has 0 fully saturated rings. The van der Waals surface area contributed by atoms with E-state index in [9.17, 15) is 82.8 Å². The Morgan fingerprint density at radius 2 is 0.719 bits per heavy atom. The van der Waals surface area contributed by atoms with Crippen LogP contribution in [0.5, 0.6) is 0 Å². The normalized spacial score (nSPS) is 13.6. The molecule has 0 saturated heterocycles. The van der Waals surface area contributed by atoms with Crippen LogP contribution in [-0.2, 0) is 62.2 Å². The average Bonchev–Trinajstić information content (AvgIpc) is 1.75. The summed E-state index contributed by atoms with van der Waals surface area (Å²) in [5.41, 5.74) is 7.99. The second-order valence-electron chi connectivity index (χ2n) is 19.7. The summed E-state index contributed by atoms with van der Waals surface area (Å²) < 4.78 is 11.0. The van der Waals surface area contributed by atoms with Crippen molar-refractivity contribution < 1.29 is 108 Å². The van der Waals surface area contributed by atoms with Crippen molar-refractivity contribution in [1.82, 2.24) is 31.9 Å². The molecule has 0 radical (unpaired) electrons. The third-order valence-electron chi connectivity index (χ3n) is 13.5. The van der Waals surface area contributed by atoms with Crippen molar-refractivity contribution in [3.05, 3.63) is 119 Å². The Kier molecular flexibility index (Phi) is 29.0. The molecule has 4 aromatic carbocycles. The number of nitrogens with two attached hydrogens (primary N) is 1. The third-order valence-corrected chi connectivity index (χ3v) is 14.7. The first-order valence-corrected chi connectivity index (χ1v) is 28.8. The smallest absolute Gasteiger partial charge is 0.407 e. The number of benzene rings is 4. The molecule has 0 aromatic heterocycles. The highest BCUT2D eigenvalue weighted by molar-refractivity contribution is 8.13. The summed E-state index contributed by atoms with van der Waals surface area (Å²) in [6.45, 7) is 1.29. The summed E-state index contributed by atoms with van der Waals surface area (Å²) in [5, 5.41) is 74.3. The minimum Gasteiger partial charge on any atom is -0.481 e. The predicted molar refractivity (Wildman–Crippen MR) is 317 cm³/mol. The minimum atomic E-state index is -1.89. The van der Waals surface area contributed by atoms with Crippen LogP contribution < -0.4 is 37.8 Å². The summed E-state index contributed by atoms with van der Waals surface area (Å²) >= 11 is 5.12. The van der Waals surface area contributed by atoms with Crippen LogP contribution in [0.15, 0.2) is 97.1 Å². The van der Waals surface area contributed by atoms with Crippen molar-refractivity contribution in [1.29, 1.82) is 0 Å². The fraction of sp³-hybridized carbons (Fsp3) is 0.362. The van der Waals surface area contributed by atoms with Gasteiger partial charge in [-0.3, -0.25) is 43.2 Å². The largest absolute Gasteiger partial charge is 0.481 e. The fourth-order valence-electron chi connectivity index (χ4n) is 9.51. The van der Waals surface area contributed by atoms with E-state index in [0.29, 0.717) is 17.9 Å². The molecule has 0 bridgehead atoms. The van der Waals surface area contributed by atoms with Gasteiger partial charge in [-0.2, -0.15) is 12.6 Å². The number of hydrogen-bond donors (Lipinski definition) is 15. The molecule has 6 amide bonds. The first-order chi connectivity index (χ1) is 42.4. The first-order valence-electron chi connectivity index (χ1n) is 27.2. The van der Waals surface area contributed by atoms with Gasteiger partial charge in [0.2, 0.25) is 23.6 Å². The third kappa shape index (κ3) is 22.3. The van der Waals surface area contributed by atoms with Crippen molar-refractivity contribution in [3.8, 4) is 22.3 Å². The lowest BCUT2D eigenvalue weighted by atomic mass is 9.98. The number of thiol groups is 1. The molecule has 15 N–H and O–H groups in total. The Hall–Kier alpha value is -9.59. The highest BCUT2D eigenvalue weighted by atomic mass is 32.2. The van der Waals surface area contributed by atoms with Crippen LogP contribution in [0.25, 0.3) is 22.3 Å². The maximum atomic E-state index is 13.2. The summed E-state index contributed by atoms with van der Waals surface area (Å²) in [6.07, 6.45) is -5.05. The van der Waals surface area contributed by atoms with Gasteiger partial charge >= 0.3 is 48.0 Å². The average molecular weight is 1280 g/mol. The molecular formula is C58H67N7O22S2. The summed E-state index contributed by atoms with van der Waals surface area (Å²) in [4.78, 5) is 156. The van der Waals surface area contributed by atoms with Crippen LogP contribution >= 0.6 is 24.4 Å². The molecule has 4 aromatic rings. The topological polar surface area (TPSA) is 480 Å². The molecule has 29 nitrogen and oxygen atoms in total. The van der Waals surface area contributed by atoms with Crippen molar-refractivity contribution in [2.24, 2.45) is 5.90 Å². The molecule has 6 atom stereocenters. The molecule has 6 rings (SSSR count). The zero-order valence-corrected chi connectivity index (χ0v) is 49.2. The van der Waals surface area contributed by atoms with Crippen LogP contribution in [0.2, 0.25) is 0 Å². The Labute approximate surface area is 517 Å². The van der Waals surface area contributed by atoms with Crippen molar-refractivity contribution in [3.63, 3.8) is 0 Å². The number of nitrogens with one attached hydrogen (secondary N) is 6. The van der Waals surface area contributed by atoms with E-state index in [1.54, 1.807) is 0 Å². The summed E-state index contributed by atoms with van der Waals surface area (Å²) in [7, 11) is 0. The van der Waals surface area contributed by atoms with Crippen molar-refractivity contribution in [2.45, 2.75) is 106 Å². The summed E-state index contributed by atoms with van der Waals surface area (Å²) in [5.74, 6) is -10.1. The molecule has 2 aliphatic carbocycles. The second-order valence-corrected chi connectivity index (χ2v) is 21.4. The number of ether oxygens (including phenoxy) is 2. The van der Waals surface area contributed by atoms with Crippen LogP contribution in [0, 0.1) is 0 Å². The Bertz CT molecular complexity index is 3150. The SMILES string of the molecule is CC(=O)SCCCC(NC(=O)OCC1c2ccccc2-c2ccccc21)C(=O)NC(CC(=O)O)C(=O)NC(CC(=O)O)C(=O)O.NO.O=C(O)CC(NC(=O)C(CC(=O)O)NC(=O)C(CCCS)NC(=O)OCC1c2ccccc2-c2ccccc21)C(=O)O. The Morgan fingerprint density at radius 1 is 0.438 bits per heavy atom. The first kappa shape index (κ1) is 71.9. The number of carboxylic acids is 6. The quantitative estimate of drug-likeness (QED) is 0.0196. The van der Waals surface area contributed by atoms with E-state index >= 15 is 0 Å². The number of carboxylic acid groups (broad SMARTS) is 6. The number of fused-ring (bicyclic) bond motifs is 6. The fourth-order valence-corrected chi connectivity index (χ4v) is 10.3. The highest BCUT2D eigenvalue weighted by Gasteiger charge is 2.36. The van der Waals surface area contributed by atoms with Crippen molar-refractivity contribution >= 4 is 101 Å². The number of amides is 6. The molecule has 0 aliphatic heterocycles. The molecule has 478 valence electrons. The zero-order chi connectivity index (χ0) is 65.9. The molecule has 31 heteroatoms. The second kappa shape index (κ2) is 35.9. The van der Waals surface area contributed by atoms with Crippen LogP contribution in [0.3, 0.4) is 0 Å². The molecular weight excluding hydrogens is 1210 g/mol. The van der Waals surface area contributed by atoms with Gasteiger partial charge in [-0.05, 0) is 75.9 Å². The van der Waals surface area contributed by atoms with Gasteiger partial charge in [-0.1, -0.05) is 109 Å². The number of carbonyl (C=O) groups excluding carboxylic acids is 7. The van der Waals surface area contributed by atoms with Gasteiger partial charge in [0.15, 0.2) is 5.12 Å². The van der Waals surface area contributed by atoms with Gasteiger partial charge in [0.1, 0.15) is 49.5 Å². The van der Waals surface area contributed by atoms with Crippen molar-refractivity contribution in [2.75, 3.05) is 24.7 Å². The zero-order valence-electron chi connectivity index (χ0n) is 47.5. The van der Waals surface area contributed by atoms with Crippen LogP contribution in [0.1, 0.15) is 92.4 Å². The number of carbonyl (C=O) groups is 13. The molecule has 0 heterocycles. The van der Waals surface area contributed by atoms with Gasteiger partial charge in [-0.15, -0.1) is 0 Å². The van der Waals surface area contributed by atoms with E-state index in [1.807, 2.05) is 108 Å². The number of aliphatic carboxylic acids is 6. The predicted octanol–water partition coefficient (Wildman–Crippen LogP) is 2.90. The van der Waals surface area contributed by atoms with Crippen LogP contribution in [-0.4, -0.2) is 174 Å². The number of hydrogen-bond acceptors (Lipinski definition) is 19. The molecule has 2 aliphatic rings. The van der Waals surface area contributed by atoms with Gasteiger partial charge in [0.05, 0.1) is 25.7 Å². The van der Waals surface area contributed by atoms with Gasteiger partial charge in [0, 0.05) is 24.5 Å². The van der Waals surface area contributed by atoms with Crippen LogP contribution in [0.4, 0.5) is 9.59 Å². The van der Waals surface area contributed by atoms with Gasteiger partial charge in [-0.25, -0.2) is 25.1 Å². The summed E-state index contributed by atoms with van der Waals surface area (Å²) in [6, 6.07) is 21.0. The monoisotopic (exact) mass is 1280 g/mol.